The lowest BCUT2D eigenvalue weighted by molar-refractivity contribution is 0.535. The smallest absolute Gasteiger partial charge is 0.288 e. The first-order chi connectivity index (χ1) is 5.70. The fourth-order valence-corrected chi connectivity index (χ4v) is 1.84. The lowest BCUT2D eigenvalue weighted by Gasteiger charge is -2.09. The summed E-state index contributed by atoms with van der Waals surface area (Å²) < 4.78 is 30.5. The Balaban J connectivity index is 2.75. The minimum absolute atomic E-state index is 0.118. The van der Waals surface area contributed by atoms with Crippen molar-refractivity contribution in [2.75, 3.05) is 0 Å². The third-order valence-corrected chi connectivity index (χ3v) is 2.75. The molecule has 0 saturated heterocycles. The van der Waals surface area contributed by atoms with Gasteiger partial charge in [0.1, 0.15) is 10.6 Å². The van der Waals surface area contributed by atoms with Crippen molar-refractivity contribution < 1.29 is 13.2 Å². The van der Waals surface area contributed by atoms with Gasteiger partial charge in [-0.25, -0.2) is 0 Å². The first kappa shape index (κ1) is 7.30. The van der Waals surface area contributed by atoms with Crippen molar-refractivity contribution in [3.8, 4) is 5.75 Å². The van der Waals surface area contributed by atoms with Crippen LogP contribution in [-0.4, -0.2) is 14.8 Å². The zero-order valence-electron chi connectivity index (χ0n) is 5.97. The van der Waals surface area contributed by atoms with Crippen LogP contribution in [0.5, 0.6) is 5.75 Å². The maximum absolute atomic E-state index is 11.2. The molecule has 0 spiro atoms. The number of rotatable bonds is 0. The van der Waals surface area contributed by atoms with Crippen molar-refractivity contribution in [2.24, 2.45) is 4.40 Å². The molecule has 1 aromatic rings. The van der Waals surface area contributed by atoms with Gasteiger partial charge in [0.25, 0.3) is 10.0 Å². The van der Waals surface area contributed by atoms with Gasteiger partial charge in [-0.05, 0) is 12.1 Å². The van der Waals surface area contributed by atoms with Gasteiger partial charge in [0.15, 0.2) is 6.40 Å². The van der Waals surface area contributed by atoms with Crippen molar-refractivity contribution >= 4 is 16.4 Å². The minimum atomic E-state index is -3.50. The molecule has 2 rings (SSSR count). The van der Waals surface area contributed by atoms with E-state index >= 15 is 0 Å². The van der Waals surface area contributed by atoms with Crippen LogP contribution in [0.3, 0.4) is 0 Å². The van der Waals surface area contributed by atoms with E-state index in [0.717, 1.165) is 6.40 Å². The van der Waals surface area contributed by atoms with Crippen LogP contribution >= 0.6 is 0 Å². The molecular formula is C7H5NO3S. The summed E-state index contributed by atoms with van der Waals surface area (Å²) in [6.07, 6.45) is 0.928. The highest BCUT2D eigenvalue weighted by atomic mass is 32.2. The Morgan fingerprint density at radius 3 is 2.75 bits per heavy atom. The zero-order chi connectivity index (χ0) is 8.60. The van der Waals surface area contributed by atoms with E-state index in [-0.39, 0.29) is 4.90 Å². The maximum Gasteiger partial charge on any atom is 0.288 e. The van der Waals surface area contributed by atoms with E-state index in [1.807, 2.05) is 0 Å². The summed E-state index contributed by atoms with van der Waals surface area (Å²) in [6, 6.07) is 6.37. The van der Waals surface area contributed by atoms with Crippen LogP contribution in [0.2, 0.25) is 0 Å². The van der Waals surface area contributed by atoms with Gasteiger partial charge in [-0.1, -0.05) is 12.1 Å². The zero-order valence-corrected chi connectivity index (χ0v) is 6.78. The predicted molar refractivity (Wildman–Crippen MR) is 42.7 cm³/mol. The molecule has 0 radical (unpaired) electrons. The predicted octanol–water partition coefficient (Wildman–Crippen LogP) is 0.796. The molecule has 0 atom stereocenters. The molecule has 1 aliphatic heterocycles. The molecule has 0 amide bonds. The Hall–Kier alpha value is -1.36. The van der Waals surface area contributed by atoms with E-state index in [1.54, 1.807) is 18.2 Å². The van der Waals surface area contributed by atoms with Crippen molar-refractivity contribution in [3.63, 3.8) is 0 Å². The molecule has 0 N–H and O–H groups in total. The van der Waals surface area contributed by atoms with E-state index < -0.39 is 10.0 Å². The number of nitrogens with zero attached hydrogens (tertiary/aromatic N) is 1. The quantitative estimate of drug-likeness (QED) is 0.597. The molecule has 1 aromatic carbocycles. The van der Waals surface area contributed by atoms with E-state index in [9.17, 15) is 8.42 Å². The number of hydrogen-bond acceptors (Lipinski definition) is 3. The third-order valence-electron chi connectivity index (χ3n) is 1.49. The van der Waals surface area contributed by atoms with Crippen molar-refractivity contribution in [3.05, 3.63) is 24.3 Å². The Morgan fingerprint density at radius 1 is 1.25 bits per heavy atom. The molecule has 12 heavy (non-hydrogen) atoms. The highest BCUT2D eigenvalue weighted by Gasteiger charge is 2.20. The molecule has 0 saturated carbocycles. The number of fused-ring (bicyclic) bond motifs is 1. The topological polar surface area (TPSA) is 55.7 Å². The fraction of sp³-hybridized carbons (Fsp3) is 0. The fourth-order valence-electron chi connectivity index (χ4n) is 0.952. The Kier molecular flexibility index (Phi) is 1.41. The summed E-state index contributed by atoms with van der Waals surface area (Å²) >= 11 is 0. The third kappa shape index (κ3) is 0.984. The average molecular weight is 183 g/mol. The lowest BCUT2D eigenvalue weighted by atomic mass is 10.3. The second kappa shape index (κ2) is 2.31. The SMILES string of the molecule is O=S1(=O)N=COc2ccccc21. The Labute approximate surface area is 69.6 Å². The van der Waals surface area contributed by atoms with Gasteiger partial charge in [-0.2, -0.15) is 8.42 Å². The summed E-state index contributed by atoms with van der Waals surface area (Å²) in [7, 11) is -3.50. The van der Waals surface area contributed by atoms with Gasteiger partial charge in [-0.3, -0.25) is 0 Å². The Morgan fingerprint density at radius 2 is 2.00 bits per heavy atom. The van der Waals surface area contributed by atoms with Crippen LogP contribution in [0, 0.1) is 0 Å². The van der Waals surface area contributed by atoms with Gasteiger partial charge in [0, 0.05) is 0 Å². The molecule has 4 nitrogen and oxygen atoms in total. The summed E-state index contributed by atoms with van der Waals surface area (Å²) in [5, 5.41) is 0. The van der Waals surface area contributed by atoms with E-state index in [1.165, 1.54) is 6.07 Å². The molecule has 1 aliphatic rings. The van der Waals surface area contributed by atoms with Crippen LogP contribution in [0.4, 0.5) is 0 Å². The summed E-state index contributed by atoms with van der Waals surface area (Å²) in [6.45, 7) is 0. The molecule has 1 heterocycles. The first-order valence-corrected chi connectivity index (χ1v) is 4.69. The summed E-state index contributed by atoms with van der Waals surface area (Å²) in [4.78, 5) is 0.118. The normalized spacial score (nSPS) is 18.0. The standard InChI is InChI=1S/C7H5NO3S/c9-12(10)7-4-2-1-3-6(7)11-5-8-12/h1-5H. The van der Waals surface area contributed by atoms with Gasteiger partial charge in [-0.15, -0.1) is 4.40 Å². The number of sulfonamides is 1. The van der Waals surface area contributed by atoms with E-state index in [2.05, 4.69) is 4.40 Å². The van der Waals surface area contributed by atoms with Crippen LogP contribution in [0.25, 0.3) is 0 Å². The highest BCUT2D eigenvalue weighted by Crippen LogP contribution is 2.26. The van der Waals surface area contributed by atoms with E-state index in [4.69, 9.17) is 4.74 Å². The summed E-state index contributed by atoms with van der Waals surface area (Å²) in [5.74, 6) is 0.326. The number of hydrogen-bond donors (Lipinski definition) is 0. The first-order valence-electron chi connectivity index (χ1n) is 3.25. The largest absolute Gasteiger partial charge is 0.444 e. The molecule has 0 bridgehead atoms. The van der Waals surface area contributed by atoms with Crippen LogP contribution in [0.15, 0.2) is 33.6 Å². The molecule has 0 unspecified atom stereocenters. The van der Waals surface area contributed by atoms with E-state index in [0.29, 0.717) is 5.75 Å². The van der Waals surface area contributed by atoms with Crippen LogP contribution in [-0.2, 0) is 10.0 Å². The molecule has 0 fully saturated rings. The van der Waals surface area contributed by atoms with Crippen molar-refractivity contribution in [2.45, 2.75) is 4.90 Å². The van der Waals surface area contributed by atoms with Gasteiger partial charge in [0.2, 0.25) is 0 Å². The van der Waals surface area contributed by atoms with Crippen LogP contribution < -0.4 is 4.74 Å². The molecule has 62 valence electrons. The lowest BCUT2D eigenvalue weighted by Crippen LogP contribution is -2.08. The molecule has 5 heteroatoms. The number of benzene rings is 1. The number of para-hydroxylation sites is 1. The second-order valence-electron chi connectivity index (χ2n) is 2.25. The monoisotopic (exact) mass is 183 g/mol. The van der Waals surface area contributed by atoms with Gasteiger partial charge >= 0.3 is 0 Å². The highest BCUT2D eigenvalue weighted by molar-refractivity contribution is 7.90. The minimum Gasteiger partial charge on any atom is -0.444 e. The maximum atomic E-state index is 11.2. The second-order valence-corrected chi connectivity index (χ2v) is 3.85. The molecule has 0 aliphatic carbocycles. The van der Waals surface area contributed by atoms with Gasteiger partial charge < -0.3 is 4.74 Å². The molecular weight excluding hydrogens is 178 g/mol. The van der Waals surface area contributed by atoms with Crippen molar-refractivity contribution in [1.82, 2.24) is 0 Å². The van der Waals surface area contributed by atoms with Gasteiger partial charge in [0.05, 0.1) is 0 Å². The summed E-state index contributed by atoms with van der Waals surface area (Å²) in [5.41, 5.74) is 0. The average Bonchev–Trinajstić information content (AvgIpc) is 2.04. The molecule has 0 aromatic heterocycles. The van der Waals surface area contributed by atoms with Crippen molar-refractivity contribution in [1.29, 1.82) is 0 Å². The number of ether oxygens (including phenoxy) is 1. The van der Waals surface area contributed by atoms with Crippen LogP contribution in [0.1, 0.15) is 0 Å². The Bertz CT molecular complexity index is 436.